The fourth-order valence-electron chi connectivity index (χ4n) is 4.20. The van der Waals surface area contributed by atoms with Gasteiger partial charge in [0.2, 0.25) is 10.0 Å². The monoisotopic (exact) mass is 459 g/mol. The third kappa shape index (κ3) is 4.49. The number of carbonyl (C=O) groups is 1. The number of benzene rings is 1. The second-order valence-electron chi connectivity index (χ2n) is 7.58. The van der Waals surface area contributed by atoms with Gasteiger partial charge in [-0.25, -0.2) is 8.42 Å². The van der Waals surface area contributed by atoms with E-state index in [0.717, 1.165) is 27.1 Å². The molecule has 1 aliphatic rings. The summed E-state index contributed by atoms with van der Waals surface area (Å²) in [5.74, 6) is 0.213. The standard InChI is InChI=1S/C22H25N3O4S2/c1-2-30-17-3-5-18(6-4-17)31(28,29)25-11-8-16(9-12-25)20-14-24(15-22(26)27)21-13-23-10-7-19(20)21/h3-7,10,13-14,16H,2,8-9,11-12,15H2,1H3,(H,26,27). The zero-order valence-corrected chi connectivity index (χ0v) is 18.9. The van der Waals surface area contributed by atoms with E-state index in [-0.39, 0.29) is 12.5 Å². The number of pyridine rings is 1. The maximum absolute atomic E-state index is 13.1. The molecule has 7 nitrogen and oxygen atoms in total. The minimum Gasteiger partial charge on any atom is -0.480 e. The lowest BCUT2D eigenvalue weighted by Crippen LogP contribution is -2.37. The van der Waals surface area contributed by atoms with Gasteiger partial charge in [0.25, 0.3) is 0 Å². The Labute approximate surface area is 186 Å². The Morgan fingerprint density at radius 1 is 1.19 bits per heavy atom. The van der Waals surface area contributed by atoms with Gasteiger partial charge < -0.3 is 9.67 Å². The van der Waals surface area contributed by atoms with Crippen LogP contribution in [0.4, 0.5) is 0 Å². The molecule has 0 atom stereocenters. The molecule has 3 aromatic rings. The molecule has 1 saturated heterocycles. The Bertz CT molecular complexity index is 1180. The van der Waals surface area contributed by atoms with E-state index in [2.05, 4.69) is 11.9 Å². The average molecular weight is 460 g/mol. The number of piperidine rings is 1. The van der Waals surface area contributed by atoms with Crippen LogP contribution < -0.4 is 0 Å². The quantitative estimate of drug-likeness (QED) is 0.540. The van der Waals surface area contributed by atoms with Crippen LogP contribution >= 0.6 is 11.8 Å². The highest BCUT2D eigenvalue weighted by Gasteiger charge is 2.31. The molecule has 1 aromatic carbocycles. The molecular weight excluding hydrogens is 434 g/mol. The van der Waals surface area contributed by atoms with E-state index in [1.54, 1.807) is 45.2 Å². The maximum Gasteiger partial charge on any atom is 0.323 e. The first-order chi connectivity index (χ1) is 14.9. The van der Waals surface area contributed by atoms with Crippen LogP contribution in [-0.2, 0) is 21.4 Å². The zero-order chi connectivity index (χ0) is 22.0. The molecule has 0 radical (unpaired) electrons. The molecule has 9 heteroatoms. The number of fused-ring (bicyclic) bond motifs is 1. The number of rotatable bonds is 7. The normalized spacial score (nSPS) is 16.0. The lowest BCUT2D eigenvalue weighted by molar-refractivity contribution is -0.137. The molecule has 0 aliphatic carbocycles. The molecule has 1 aliphatic heterocycles. The van der Waals surface area contributed by atoms with Crippen LogP contribution in [0.25, 0.3) is 10.9 Å². The molecule has 31 heavy (non-hydrogen) atoms. The molecule has 2 aromatic heterocycles. The van der Waals surface area contributed by atoms with Crippen molar-refractivity contribution < 1.29 is 18.3 Å². The van der Waals surface area contributed by atoms with Gasteiger partial charge in [-0.3, -0.25) is 9.78 Å². The molecule has 0 unspecified atom stereocenters. The number of carboxylic acid groups (broad SMARTS) is 1. The van der Waals surface area contributed by atoms with Crippen LogP contribution in [0.5, 0.6) is 0 Å². The predicted molar refractivity (Wildman–Crippen MR) is 121 cm³/mol. The summed E-state index contributed by atoms with van der Waals surface area (Å²) in [5.41, 5.74) is 1.86. The lowest BCUT2D eigenvalue weighted by atomic mass is 9.90. The Hall–Kier alpha value is -2.36. The minimum absolute atomic E-state index is 0.123. The van der Waals surface area contributed by atoms with E-state index >= 15 is 0 Å². The highest BCUT2D eigenvalue weighted by molar-refractivity contribution is 7.99. The summed E-state index contributed by atoms with van der Waals surface area (Å²) in [6.07, 6.45) is 6.66. The number of hydrogen-bond acceptors (Lipinski definition) is 5. The first-order valence-electron chi connectivity index (χ1n) is 10.3. The van der Waals surface area contributed by atoms with Crippen LogP contribution in [0.15, 0.2) is 58.7 Å². The number of aliphatic carboxylic acids is 1. The molecule has 0 saturated carbocycles. The third-order valence-electron chi connectivity index (χ3n) is 5.69. The number of sulfonamides is 1. The van der Waals surface area contributed by atoms with E-state index in [0.29, 0.717) is 30.8 Å². The molecule has 4 rings (SSSR count). The molecule has 1 N–H and O–H groups in total. The fraction of sp³-hybridized carbons (Fsp3) is 0.364. The first-order valence-corrected chi connectivity index (χ1v) is 12.7. The van der Waals surface area contributed by atoms with Crippen molar-refractivity contribution in [3.05, 3.63) is 54.5 Å². The largest absolute Gasteiger partial charge is 0.480 e. The first kappa shape index (κ1) is 21.9. The summed E-state index contributed by atoms with van der Waals surface area (Å²) < 4.78 is 29.4. The third-order valence-corrected chi connectivity index (χ3v) is 8.49. The topological polar surface area (TPSA) is 92.5 Å². The van der Waals surface area contributed by atoms with Gasteiger partial charge in [-0.2, -0.15) is 4.31 Å². The van der Waals surface area contributed by atoms with E-state index < -0.39 is 16.0 Å². The van der Waals surface area contributed by atoms with Gasteiger partial charge >= 0.3 is 5.97 Å². The van der Waals surface area contributed by atoms with Crippen LogP contribution in [0.2, 0.25) is 0 Å². The lowest BCUT2D eigenvalue weighted by Gasteiger charge is -2.31. The second-order valence-corrected chi connectivity index (χ2v) is 10.9. The second kappa shape index (κ2) is 9.02. The van der Waals surface area contributed by atoms with Gasteiger partial charge in [0, 0.05) is 35.8 Å². The predicted octanol–water partition coefficient (Wildman–Crippen LogP) is 3.80. The van der Waals surface area contributed by atoms with E-state index in [1.165, 1.54) is 0 Å². The zero-order valence-electron chi connectivity index (χ0n) is 17.3. The van der Waals surface area contributed by atoms with Crippen molar-refractivity contribution in [1.29, 1.82) is 0 Å². The van der Waals surface area contributed by atoms with Gasteiger partial charge in [0.1, 0.15) is 6.54 Å². The number of thioether (sulfide) groups is 1. The van der Waals surface area contributed by atoms with Crippen molar-refractivity contribution in [1.82, 2.24) is 13.9 Å². The summed E-state index contributed by atoms with van der Waals surface area (Å²) in [5, 5.41) is 10.2. The number of hydrogen-bond donors (Lipinski definition) is 1. The maximum atomic E-state index is 13.1. The van der Waals surface area contributed by atoms with E-state index in [1.807, 2.05) is 24.4 Å². The molecule has 0 bridgehead atoms. The smallest absolute Gasteiger partial charge is 0.323 e. The number of nitrogens with zero attached hydrogens (tertiary/aromatic N) is 3. The molecule has 0 amide bonds. The van der Waals surface area contributed by atoms with Crippen molar-refractivity contribution in [3.63, 3.8) is 0 Å². The summed E-state index contributed by atoms with van der Waals surface area (Å²) in [7, 11) is -3.52. The van der Waals surface area contributed by atoms with Gasteiger partial charge in [-0.05, 0) is 60.4 Å². The van der Waals surface area contributed by atoms with Crippen molar-refractivity contribution in [2.75, 3.05) is 18.8 Å². The Morgan fingerprint density at radius 2 is 1.90 bits per heavy atom. The van der Waals surface area contributed by atoms with Crippen LogP contribution in [0.1, 0.15) is 31.2 Å². The van der Waals surface area contributed by atoms with Crippen molar-refractivity contribution in [2.24, 2.45) is 0 Å². The SMILES string of the molecule is CCSc1ccc(S(=O)(=O)N2CCC(c3cn(CC(=O)O)c4cnccc34)CC2)cc1. The number of carboxylic acids is 1. The molecule has 164 valence electrons. The summed E-state index contributed by atoms with van der Waals surface area (Å²) in [6.45, 7) is 2.82. The summed E-state index contributed by atoms with van der Waals surface area (Å²) in [6, 6.07) is 9.00. The Balaban J connectivity index is 1.51. The molecule has 1 fully saturated rings. The van der Waals surface area contributed by atoms with Gasteiger partial charge in [-0.1, -0.05) is 6.92 Å². The van der Waals surface area contributed by atoms with Crippen LogP contribution in [0, 0.1) is 0 Å². The van der Waals surface area contributed by atoms with E-state index in [4.69, 9.17) is 0 Å². The molecule has 3 heterocycles. The average Bonchev–Trinajstić information content (AvgIpc) is 3.12. The summed E-state index contributed by atoms with van der Waals surface area (Å²) in [4.78, 5) is 16.8. The highest BCUT2D eigenvalue weighted by Crippen LogP contribution is 2.35. The highest BCUT2D eigenvalue weighted by atomic mass is 32.2. The van der Waals surface area contributed by atoms with Gasteiger partial charge in [-0.15, -0.1) is 11.8 Å². The number of aromatic nitrogens is 2. The summed E-state index contributed by atoms with van der Waals surface area (Å²) >= 11 is 1.68. The fourth-order valence-corrected chi connectivity index (χ4v) is 6.33. The van der Waals surface area contributed by atoms with Gasteiger partial charge in [0.15, 0.2) is 0 Å². The van der Waals surface area contributed by atoms with Crippen molar-refractivity contribution in [2.45, 2.75) is 42.0 Å². The van der Waals surface area contributed by atoms with Gasteiger partial charge in [0.05, 0.1) is 16.6 Å². The van der Waals surface area contributed by atoms with E-state index in [9.17, 15) is 18.3 Å². The molecular formula is C22H25N3O4S2. The van der Waals surface area contributed by atoms with Crippen LogP contribution in [0.3, 0.4) is 0 Å². The van der Waals surface area contributed by atoms with Crippen molar-refractivity contribution in [3.8, 4) is 0 Å². The Morgan fingerprint density at radius 3 is 2.55 bits per heavy atom. The minimum atomic E-state index is -3.52. The molecule has 0 spiro atoms. The van der Waals surface area contributed by atoms with Crippen molar-refractivity contribution >= 4 is 38.7 Å². The Kier molecular flexibility index (Phi) is 6.36. The van der Waals surface area contributed by atoms with Crippen LogP contribution in [-0.4, -0.2) is 52.2 Å².